The molecule has 0 aliphatic carbocycles. The van der Waals surface area contributed by atoms with E-state index in [0.717, 1.165) is 5.56 Å². The smallest absolute Gasteiger partial charge is 0.283 e. The Hall–Kier alpha value is -1.36. The normalized spacial score (nSPS) is 11.9. The Morgan fingerprint density at radius 2 is 1.88 bits per heavy atom. The Kier molecular flexibility index (Phi) is 4.06. The molecule has 0 saturated carbocycles. The van der Waals surface area contributed by atoms with Crippen LogP contribution in [0.3, 0.4) is 0 Å². The lowest BCUT2D eigenvalue weighted by Crippen LogP contribution is -2.15. The minimum Gasteiger partial charge on any atom is -0.365 e. The molecule has 88 valence electrons. The molecule has 0 radical (unpaired) electrons. The van der Waals surface area contributed by atoms with E-state index in [1.54, 1.807) is 36.2 Å². The Bertz CT molecular complexity index is 463. The zero-order valence-electron chi connectivity index (χ0n) is 9.71. The molecule has 0 aliphatic heterocycles. The van der Waals surface area contributed by atoms with Crippen LogP contribution >= 0.6 is 0 Å². The van der Waals surface area contributed by atoms with Crippen molar-refractivity contribution in [3.05, 3.63) is 29.8 Å². The largest absolute Gasteiger partial charge is 0.365 e. The molecule has 1 aromatic carbocycles. The van der Waals surface area contributed by atoms with E-state index in [-0.39, 0.29) is 4.90 Å². The summed E-state index contributed by atoms with van der Waals surface area (Å²) >= 11 is 0. The van der Waals surface area contributed by atoms with Gasteiger partial charge in [-0.15, -0.1) is 4.40 Å². The van der Waals surface area contributed by atoms with Crippen LogP contribution in [0.4, 0.5) is 0 Å². The van der Waals surface area contributed by atoms with Gasteiger partial charge in [-0.2, -0.15) is 8.42 Å². The Labute approximate surface area is 96.7 Å². The number of hydrogen-bond acceptors (Lipinski definition) is 2. The third-order valence-electron chi connectivity index (χ3n) is 2.20. The van der Waals surface area contributed by atoms with Crippen LogP contribution in [0.15, 0.2) is 33.6 Å². The molecule has 4 nitrogen and oxygen atoms in total. The van der Waals surface area contributed by atoms with E-state index in [0.29, 0.717) is 6.54 Å². The highest BCUT2D eigenvalue weighted by atomic mass is 32.2. The summed E-state index contributed by atoms with van der Waals surface area (Å²) in [6, 6.07) is 6.64. The lowest BCUT2D eigenvalue weighted by Gasteiger charge is -2.07. The van der Waals surface area contributed by atoms with E-state index < -0.39 is 10.0 Å². The number of nitrogens with zero attached hydrogens (tertiary/aromatic N) is 2. The molecular weight excluding hydrogens is 224 g/mol. The zero-order valence-corrected chi connectivity index (χ0v) is 10.5. The van der Waals surface area contributed by atoms with Crippen LogP contribution in [-0.2, 0) is 10.0 Å². The number of benzene rings is 1. The number of rotatable bonds is 4. The zero-order chi connectivity index (χ0) is 12.2. The molecule has 0 bridgehead atoms. The van der Waals surface area contributed by atoms with Crippen molar-refractivity contribution in [1.82, 2.24) is 4.90 Å². The van der Waals surface area contributed by atoms with Gasteiger partial charge in [-0.25, -0.2) is 0 Å². The highest BCUT2D eigenvalue weighted by molar-refractivity contribution is 7.90. The molecule has 0 spiro atoms. The van der Waals surface area contributed by atoms with E-state index in [2.05, 4.69) is 4.40 Å². The van der Waals surface area contributed by atoms with E-state index in [1.165, 1.54) is 6.34 Å². The summed E-state index contributed by atoms with van der Waals surface area (Å²) < 4.78 is 27.1. The summed E-state index contributed by atoms with van der Waals surface area (Å²) in [5.41, 5.74) is 1.02. The van der Waals surface area contributed by atoms with Gasteiger partial charge in [0.1, 0.15) is 6.34 Å². The lowest BCUT2D eigenvalue weighted by molar-refractivity contribution is 0.550. The van der Waals surface area contributed by atoms with Crippen molar-refractivity contribution in [2.75, 3.05) is 13.6 Å². The Morgan fingerprint density at radius 1 is 1.31 bits per heavy atom. The van der Waals surface area contributed by atoms with E-state index in [1.807, 2.05) is 13.8 Å². The molecule has 0 heterocycles. The molecule has 0 unspecified atom stereocenters. The van der Waals surface area contributed by atoms with E-state index >= 15 is 0 Å². The molecule has 16 heavy (non-hydrogen) atoms. The van der Waals surface area contributed by atoms with Gasteiger partial charge in [0.25, 0.3) is 10.0 Å². The molecule has 0 aliphatic rings. The summed E-state index contributed by atoms with van der Waals surface area (Å²) in [4.78, 5) is 1.92. The minimum absolute atomic E-state index is 0.221. The third kappa shape index (κ3) is 3.34. The first-order valence-electron chi connectivity index (χ1n) is 5.03. The molecule has 0 N–H and O–H groups in total. The molecule has 0 saturated heterocycles. The molecule has 1 aromatic rings. The highest BCUT2D eigenvalue weighted by Crippen LogP contribution is 2.12. The molecule has 5 heteroatoms. The molecule has 0 atom stereocenters. The van der Waals surface area contributed by atoms with Crippen molar-refractivity contribution in [2.24, 2.45) is 4.40 Å². The lowest BCUT2D eigenvalue weighted by atomic mass is 10.2. The second-order valence-corrected chi connectivity index (χ2v) is 5.21. The average molecular weight is 240 g/mol. The van der Waals surface area contributed by atoms with Crippen LogP contribution in [0.5, 0.6) is 0 Å². The van der Waals surface area contributed by atoms with Crippen LogP contribution in [0.25, 0.3) is 0 Å². The average Bonchev–Trinajstić information content (AvgIpc) is 2.26. The van der Waals surface area contributed by atoms with E-state index in [4.69, 9.17) is 0 Å². The summed E-state index contributed by atoms with van der Waals surface area (Å²) in [6.45, 7) is 4.54. The first kappa shape index (κ1) is 12.7. The van der Waals surface area contributed by atoms with Crippen LogP contribution in [0.1, 0.15) is 12.5 Å². The highest BCUT2D eigenvalue weighted by Gasteiger charge is 2.10. The third-order valence-corrected chi connectivity index (χ3v) is 3.44. The quantitative estimate of drug-likeness (QED) is 0.594. The summed E-state index contributed by atoms with van der Waals surface area (Å²) in [7, 11) is -1.78. The van der Waals surface area contributed by atoms with Gasteiger partial charge in [0.2, 0.25) is 0 Å². The predicted octanol–water partition coefficient (Wildman–Crippen LogP) is 1.66. The maximum Gasteiger partial charge on any atom is 0.283 e. The number of aryl methyl sites for hydroxylation is 1. The van der Waals surface area contributed by atoms with Crippen molar-refractivity contribution < 1.29 is 8.42 Å². The summed E-state index contributed by atoms with van der Waals surface area (Å²) in [5, 5.41) is 0. The van der Waals surface area contributed by atoms with Gasteiger partial charge in [-0.05, 0) is 26.0 Å². The van der Waals surface area contributed by atoms with Crippen molar-refractivity contribution in [2.45, 2.75) is 18.7 Å². The molecule has 1 rings (SSSR count). The Morgan fingerprint density at radius 3 is 2.38 bits per heavy atom. The summed E-state index contributed by atoms with van der Waals surface area (Å²) in [5.74, 6) is 0. The maximum absolute atomic E-state index is 11.7. The summed E-state index contributed by atoms with van der Waals surface area (Å²) in [6.07, 6.45) is 1.33. The molecule has 0 aromatic heterocycles. The maximum atomic E-state index is 11.7. The fraction of sp³-hybridized carbons (Fsp3) is 0.364. The first-order chi connectivity index (χ1) is 7.45. The predicted molar refractivity (Wildman–Crippen MR) is 65.2 cm³/mol. The van der Waals surface area contributed by atoms with Crippen molar-refractivity contribution in [3.63, 3.8) is 0 Å². The molecule has 0 amide bonds. The molecule has 0 fully saturated rings. The van der Waals surface area contributed by atoms with Gasteiger partial charge in [-0.3, -0.25) is 0 Å². The SMILES string of the molecule is CCN(C)/C=N/S(=O)(=O)c1ccc(C)cc1. The van der Waals surface area contributed by atoms with Gasteiger partial charge in [0.15, 0.2) is 0 Å². The van der Waals surface area contributed by atoms with Gasteiger partial charge in [-0.1, -0.05) is 17.7 Å². The van der Waals surface area contributed by atoms with E-state index in [9.17, 15) is 8.42 Å². The van der Waals surface area contributed by atoms with Crippen LogP contribution in [0, 0.1) is 6.92 Å². The monoisotopic (exact) mass is 240 g/mol. The number of hydrogen-bond donors (Lipinski definition) is 0. The second kappa shape index (κ2) is 5.12. The Balaban J connectivity index is 2.94. The van der Waals surface area contributed by atoms with Gasteiger partial charge in [0, 0.05) is 13.6 Å². The minimum atomic E-state index is -3.55. The topological polar surface area (TPSA) is 49.7 Å². The molecular formula is C11H16N2O2S. The van der Waals surface area contributed by atoms with Crippen LogP contribution in [0.2, 0.25) is 0 Å². The first-order valence-corrected chi connectivity index (χ1v) is 6.47. The van der Waals surface area contributed by atoms with Crippen molar-refractivity contribution >= 4 is 16.4 Å². The fourth-order valence-corrected chi connectivity index (χ4v) is 1.88. The van der Waals surface area contributed by atoms with Gasteiger partial charge < -0.3 is 4.90 Å². The van der Waals surface area contributed by atoms with Gasteiger partial charge in [0.05, 0.1) is 4.90 Å². The second-order valence-electron chi connectivity index (χ2n) is 3.58. The fourth-order valence-electron chi connectivity index (χ4n) is 0.995. The van der Waals surface area contributed by atoms with Crippen LogP contribution < -0.4 is 0 Å². The van der Waals surface area contributed by atoms with Crippen molar-refractivity contribution in [1.29, 1.82) is 0 Å². The number of sulfonamides is 1. The van der Waals surface area contributed by atoms with Crippen LogP contribution in [-0.4, -0.2) is 33.2 Å². The standard InChI is InChI=1S/C11H16N2O2S/c1-4-13(3)9-12-16(14,15)11-7-5-10(2)6-8-11/h5-9H,4H2,1-3H3/b12-9+. The van der Waals surface area contributed by atoms with Crippen molar-refractivity contribution in [3.8, 4) is 0 Å². The van der Waals surface area contributed by atoms with Gasteiger partial charge >= 0.3 is 0 Å².